The fourth-order valence-corrected chi connectivity index (χ4v) is 2.03. The van der Waals surface area contributed by atoms with Crippen molar-refractivity contribution in [2.45, 2.75) is 31.3 Å². The third kappa shape index (κ3) is 2.09. The van der Waals surface area contributed by atoms with E-state index < -0.39 is 5.60 Å². The van der Waals surface area contributed by atoms with Gasteiger partial charge >= 0.3 is 0 Å². The lowest BCUT2D eigenvalue weighted by molar-refractivity contribution is -0.0330. The average molecular weight is 242 g/mol. The minimum atomic E-state index is -0.464. The summed E-state index contributed by atoms with van der Waals surface area (Å²) in [5.41, 5.74) is 0.505. The molecule has 0 amide bonds. The molecule has 1 aliphatic carbocycles. The van der Waals surface area contributed by atoms with Gasteiger partial charge in [0.1, 0.15) is 0 Å². The van der Waals surface area contributed by atoms with Gasteiger partial charge in [-0.25, -0.2) is 0 Å². The number of aliphatic hydroxyl groups is 1. The van der Waals surface area contributed by atoms with E-state index in [1.807, 2.05) is 12.1 Å². The SMILES string of the molecule is OC1(Cc2cc(Br)ccn2)CCC1. The molecule has 0 atom stereocenters. The van der Waals surface area contributed by atoms with Crippen LogP contribution in [0.5, 0.6) is 0 Å². The summed E-state index contributed by atoms with van der Waals surface area (Å²) >= 11 is 3.39. The Balaban J connectivity index is 2.09. The van der Waals surface area contributed by atoms with Gasteiger partial charge in [0.2, 0.25) is 0 Å². The van der Waals surface area contributed by atoms with Crippen LogP contribution in [0.4, 0.5) is 0 Å². The van der Waals surface area contributed by atoms with E-state index in [0.29, 0.717) is 6.42 Å². The van der Waals surface area contributed by atoms with Crippen LogP contribution in [0, 0.1) is 0 Å². The highest BCUT2D eigenvalue weighted by molar-refractivity contribution is 9.10. The van der Waals surface area contributed by atoms with Crippen molar-refractivity contribution in [3.63, 3.8) is 0 Å². The molecule has 0 bridgehead atoms. The van der Waals surface area contributed by atoms with Crippen LogP contribution in [-0.2, 0) is 6.42 Å². The maximum Gasteiger partial charge on any atom is 0.0703 e. The lowest BCUT2D eigenvalue weighted by Crippen LogP contribution is -2.39. The predicted molar refractivity (Wildman–Crippen MR) is 54.4 cm³/mol. The first-order valence-electron chi connectivity index (χ1n) is 4.51. The topological polar surface area (TPSA) is 33.1 Å². The Morgan fingerprint density at radius 2 is 2.31 bits per heavy atom. The molecule has 1 saturated carbocycles. The van der Waals surface area contributed by atoms with Crippen molar-refractivity contribution in [2.75, 3.05) is 0 Å². The maximum absolute atomic E-state index is 9.90. The first-order chi connectivity index (χ1) is 6.18. The summed E-state index contributed by atoms with van der Waals surface area (Å²) in [6, 6.07) is 3.87. The molecule has 13 heavy (non-hydrogen) atoms. The highest BCUT2D eigenvalue weighted by atomic mass is 79.9. The van der Waals surface area contributed by atoms with Crippen molar-refractivity contribution < 1.29 is 5.11 Å². The molecule has 1 heterocycles. The molecule has 0 aromatic carbocycles. The number of rotatable bonds is 2. The van der Waals surface area contributed by atoms with Gasteiger partial charge in [-0.2, -0.15) is 0 Å². The Bertz CT molecular complexity index is 310. The molecule has 0 spiro atoms. The van der Waals surface area contributed by atoms with Crippen LogP contribution >= 0.6 is 15.9 Å². The standard InChI is InChI=1S/C10H12BrNO/c11-8-2-5-12-9(6-8)7-10(13)3-1-4-10/h2,5-6,13H,1,3-4,7H2. The van der Waals surface area contributed by atoms with Crippen molar-refractivity contribution in [2.24, 2.45) is 0 Å². The van der Waals surface area contributed by atoms with Gasteiger partial charge in [-0.05, 0) is 31.4 Å². The molecule has 70 valence electrons. The molecule has 0 unspecified atom stereocenters. The first-order valence-corrected chi connectivity index (χ1v) is 5.30. The molecule has 2 rings (SSSR count). The summed E-state index contributed by atoms with van der Waals surface area (Å²) in [5, 5.41) is 9.90. The Morgan fingerprint density at radius 1 is 1.54 bits per heavy atom. The van der Waals surface area contributed by atoms with E-state index in [2.05, 4.69) is 20.9 Å². The zero-order valence-corrected chi connectivity index (χ0v) is 8.92. The van der Waals surface area contributed by atoms with E-state index in [1.54, 1.807) is 6.20 Å². The molecule has 0 radical (unpaired) electrons. The van der Waals surface area contributed by atoms with Gasteiger partial charge in [-0.15, -0.1) is 0 Å². The van der Waals surface area contributed by atoms with Crippen molar-refractivity contribution in [3.8, 4) is 0 Å². The van der Waals surface area contributed by atoms with Crippen LogP contribution in [0.1, 0.15) is 25.0 Å². The molecular formula is C10H12BrNO. The normalized spacial score (nSPS) is 19.5. The Kier molecular flexibility index (Phi) is 2.39. The van der Waals surface area contributed by atoms with Gasteiger partial charge in [-0.3, -0.25) is 4.98 Å². The van der Waals surface area contributed by atoms with E-state index in [4.69, 9.17) is 0 Å². The highest BCUT2D eigenvalue weighted by Gasteiger charge is 2.34. The molecule has 3 heteroatoms. The lowest BCUT2D eigenvalue weighted by Gasteiger charge is -2.36. The average Bonchev–Trinajstić information content (AvgIpc) is 2.01. The molecule has 0 aliphatic heterocycles. The Labute approximate surface area is 86.1 Å². The maximum atomic E-state index is 9.90. The summed E-state index contributed by atoms with van der Waals surface area (Å²) in [4.78, 5) is 4.22. The summed E-state index contributed by atoms with van der Waals surface area (Å²) in [5.74, 6) is 0. The van der Waals surface area contributed by atoms with Crippen LogP contribution in [0.2, 0.25) is 0 Å². The molecule has 1 aromatic rings. The molecule has 0 saturated heterocycles. The number of hydrogen-bond acceptors (Lipinski definition) is 2. The first kappa shape index (κ1) is 9.16. The van der Waals surface area contributed by atoms with E-state index in [1.165, 1.54) is 0 Å². The Hall–Kier alpha value is -0.410. The highest BCUT2D eigenvalue weighted by Crippen LogP contribution is 2.34. The van der Waals surface area contributed by atoms with E-state index >= 15 is 0 Å². The largest absolute Gasteiger partial charge is 0.389 e. The van der Waals surface area contributed by atoms with E-state index in [0.717, 1.165) is 29.4 Å². The van der Waals surface area contributed by atoms with Crippen molar-refractivity contribution >= 4 is 15.9 Å². The molecule has 1 aliphatic rings. The number of nitrogens with zero attached hydrogens (tertiary/aromatic N) is 1. The van der Waals surface area contributed by atoms with Crippen molar-refractivity contribution in [1.82, 2.24) is 4.98 Å². The smallest absolute Gasteiger partial charge is 0.0703 e. The van der Waals surface area contributed by atoms with Crippen LogP contribution in [0.3, 0.4) is 0 Å². The van der Waals surface area contributed by atoms with Crippen molar-refractivity contribution in [1.29, 1.82) is 0 Å². The predicted octanol–water partition coefficient (Wildman–Crippen LogP) is 2.30. The summed E-state index contributed by atoms with van der Waals surface area (Å²) in [6.45, 7) is 0. The van der Waals surface area contributed by atoms with Gasteiger partial charge in [0, 0.05) is 22.8 Å². The fourth-order valence-electron chi connectivity index (χ4n) is 1.64. The number of aromatic nitrogens is 1. The zero-order chi connectivity index (χ0) is 9.31. The van der Waals surface area contributed by atoms with Crippen LogP contribution in [0.25, 0.3) is 0 Å². The zero-order valence-electron chi connectivity index (χ0n) is 7.33. The fraction of sp³-hybridized carbons (Fsp3) is 0.500. The monoisotopic (exact) mass is 241 g/mol. The van der Waals surface area contributed by atoms with Crippen LogP contribution in [0.15, 0.2) is 22.8 Å². The molecule has 1 aromatic heterocycles. The van der Waals surface area contributed by atoms with Gasteiger partial charge < -0.3 is 5.11 Å². The minimum Gasteiger partial charge on any atom is -0.389 e. The third-order valence-corrected chi connectivity index (χ3v) is 3.07. The van der Waals surface area contributed by atoms with Crippen LogP contribution in [-0.4, -0.2) is 15.7 Å². The van der Waals surface area contributed by atoms with Crippen LogP contribution < -0.4 is 0 Å². The lowest BCUT2D eigenvalue weighted by atomic mass is 9.77. The summed E-state index contributed by atoms with van der Waals surface area (Å²) in [7, 11) is 0. The second-order valence-corrected chi connectivity index (χ2v) is 4.64. The molecular weight excluding hydrogens is 230 g/mol. The number of pyridine rings is 1. The molecule has 1 fully saturated rings. The van der Waals surface area contributed by atoms with Gasteiger partial charge in [-0.1, -0.05) is 15.9 Å². The molecule has 2 nitrogen and oxygen atoms in total. The summed E-state index contributed by atoms with van der Waals surface area (Å²) in [6.07, 6.45) is 5.43. The number of hydrogen-bond donors (Lipinski definition) is 1. The molecule has 1 N–H and O–H groups in total. The quantitative estimate of drug-likeness (QED) is 0.863. The number of halogens is 1. The second-order valence-electron chi connectivity index (χ2n) is 3.72. The Morgan fingerprint density at radius 3 is 2.85 bits per heavy atom. The van der Waals surface area contributed by atoms with E-state index in [9.17, 15) is 5.11 Å². The van der Waals surface area contributed by atoms with Gasteiger partial charge in [0.15, 0.2) is 0 Å². The van der Waals surface area contributed by atoms with Crippen molar-refractivity contribution in [3.05, 3.63) is 28.5 Å². The van der Waals surface area contributed by atoms with Gasteiger partial charge in [0.25, 0.3) is 0 Å². The third-order valence-electron chi connectivity index (χ3n) is 2.57. The second kappa shape index (κ2) is 3.39. The van der Waals surface area contributed by atoms with Gasteiger partial charge in [0.05, 0.1) is 5.60 Å². The minimum absolute atomic E-state index is 0.464. The summed E-state index contributed by atoms with van der Waals surface area (Å²) < 4.78 is 1.03. The van der Waals surface area contributed by atoms with E-state index in [-0.39, 0.29) is 0 Å².